The molecule has 2 nitrogen and oxygen atoms in total. The van der Waals surface area contributed by atoms with Crippen LogP contribution in [0.1, 0.15) is 45.2 Å². The van der Waals surface area contributed by atoms with Crippen LogP contribution in [0.4, 0.5) is 4.39 Å². The van der Waals surface area contributed by atoms with E-state index in [4.69, 9.17) is 0 Å². The largest absolute Gasteiger partial charge is 0.309 e. The number of nitrogens with zero attached hydrogens (tertiary/aromatic N) is 1. The first-order valence-electron chi connectivity index (χ1n) is 7.29. The van der Waals surface area contributed by atoms with Crippen LogP contribution < -0.4 is 5.32 Å². The van der Waals surface area contributed by atoms with Crippen LogP contribution in [0.3, 0.4) is 0 Å². The molecule has 0 aromatic heterocycles. The highest BCUT2D eigenvalue weighted by atomic mass is 79.9. The van der Waals surface area contributed by atoms with Crippen LogP contribution in [0.2, 0.25) is 0 Å². The Hall–Kier alpha value is -0.450. The minimum absolute atomic E-state index is 0.0324. The third-order valence-corrected chi connectivity index (χ3v) is 4.97. The third kappa shape index (κ3) is 3.23. The number of rotatable bonds is 7. The van der Waals surface area contributed by atoms with Gasteiger partial charge >= 0.3 is 0 Å². The molecule has 1 aromatic carbocycles. The van der Waals surface area contributed by atoms with Crippen molar-refractivity contribution in [3.8, 4) is 0 Å². The molecule has 114 valence electrons. The lowest BCUT2D eigenvalue weighted by Crippen LogP contribution is -2.53. The fraction of sp³-hybridized carbons (Fsp3) is 0.625. The van der Waals surface area contributed by atoms with Gasteiger partial charge in [-0.05, 0) is 55.5 Å². The Labute approximate surface area is 130 Å². The first kappa shape index (κ1) is 17.6. The predicted molar refractivity (Wildman–Crippen MR) is 87.5 cm³/mol. The fourth-order valence-corrected chi connectivity index (χ4v) is 3.47. The van der Waals surface area contributed by atoms with E-state index in [1.54, 1.807) is 6.07 Å². The van der Waals surface area contributed by atoms with Crippen LogP contribution in [-0.4, -0.2) is 31.1 Å². The summed E-state index contributed by atoms with van der Waals surface area (Å²) in [4.78, 5) is 2.22. The number of halogens is 2. The van der Waals surface area contributed by atoms with E-state index in [9.17, 15) is 4.39 Å². The first-order valence-corrected chi connectivity index (χ1v) is 8.08. The van der Waals surface area contributed by atoms with Crippen molar-refractivity contribution in [3.05, 3.63) is 34.1 Å². The molecule has 0 aliphatic heterocycles. The molecule has 1 atom stereocenters. The maximum Gasteiger partial charge on any atom is 0.142 e. The Bertz CT molecular complexity index is 430. The Morgan fingerprint density at radius 3 is 2.30 bits per heavy atom. The molecule has 1 rings (SSSR count). The Morgan fingerprint density at radius 1 is 1.25 bits per heavy atom. The average molecular weight is 345 g/mol. The number of likely N-dealkylation sites (N-methyl/N-ethyl adjacent to an activating group) is 2. The van der Waals surface area contributed by atoms with E-state index in [-0.39, 0.29) is 17.4 Å². The summed E-state index contributed by atoms with van der Waals surface area (Å²) in [6.07, 6.45) is 1.92. The van der Waals surface area contributed by atoms with Crippen LogP contribution in [0.15, 0.2) is 22.7 Å². The summed E-state index contributed by atoms with van der Waals surface area (Å²) in [5.41, 5.74) is 0.635. The minimum atomic E-state index is -0.161. The predicted octanol–water partition coefficient (Wildman–Crippen LogP) is 4.36. The molecule has 1 unspecified atom stereocenters. The highest BCUT2D eigenvalue weighted by Crippen LogP contribution is 2.38. The molecule has 0 bridgehead atoms. The van der Waals surface area contributed by atoms with Crippen molar-refractivity contribution in [3.63, 3.8) is 0 Å². The van der Waals surface area contributed by atoms with Crippen LogP contribution in [0.5, 0.6) is 0 Å². The number of benzene rings is 1. The van der Waals surface area contributed by atoms with Crippen molar-refractivity contribution in [2.24, 2.45) is 0 Å². The number of hydrogen-bond donors (Lipinski definition) is 1. The van der Waals surface area contributed by atoms with Crippen LogP contribution >= 0.6 is 15.9 Å². The second kappa shape index (κ2) is 7.53. The molecule has 0 saturated carbocycles. The van der Waals surface area contributed by atoms with E-state index in [0.29, 0.717) is 4.47 Å². The molecular formula is C16H26BrFN2. The van der Waals surface area contributed by atoms with E-state index in [1.165, 1.54) is 0 Å². The first-order chi connectivity index (χ1) is 9.44. The molecule has 0 amide bonds. The molecule has 1 aromatic rings. The second-order valence-corrected chi connectivity index (χ2v) is 6.19. The summed E-state index contributed by atoms with van der Waals surface area (Å²) in [5.74, 6) is -0.161. The maximum absolute atomic E-state index is 14.5. The number of hydrogen-bond acceptors (Lipinski definition) is 2. The number of nitrogens with one attached hydrogen (secondary N) is 1. The van der Waals surface area contributed by atoms with Crippen molar-refractivity contribution >= 4 is 15.9 Å². The highest BCUT2D eigenvalue weighted by molar-refractivity contribution is 9.10. The van der Waals surface area contributed by atoms with E-state index in [2.05, 4.69) is 61.0 Å². The topological polar surface area (TPSA) is 15.3 Å². The lowest BCUT2D eigenvalue weighted by atomic mass is 9.79. The van der Waals surface area contributed by atoms with Gasteiger partial charge in [-0.1, -0.05) is 32.9 Å². The fourth-order valence-electron chi connectivity index (χ4n) is 3.09. The molecule has 0 radical (unpaired) electrons. The molecule has 1 N–H and O–H groups in total. The van der Waals surface area contributed by atoms with Crippen LogP contribution in [0.25, 0.3) is 0 Å². The van der Waals surface area contributed by atoms with Gasteiger partial charge in [0, 0.05) is 11.1 Å². The minimum Gasteiger partial charge on any atom is -0.309 e. The quantitative estimate of drug-likeness (QED) is 0.790. The normalized spacial score (nSPS) is 13.8. The Morgan fingerprint density at radius 2 is 1.85 bits per heavy atom. The molecule has 0 heterocycles. The standard InChI is InChI=1S/C16H26BrFN2/c1-6-16(7-2,20(4)5)15(19-8-3)12-10-9-11-13(17)14(12)18/h9-11,15,19H,6-8H2,1-5H3. The zero-order valence-corrected chi connectivity index (χ0v) is 14.7. The van der Waals surface area contributed by atoms with Crippen LogP contribution in [-0.2, 0) is 0 Å². The Kier molecular flexibility index (Phi) is 6.62. The van der Waals surface area contributed by atoms with E-state index in [1.807, 2.05) is 12.1 Å². The van der Waals surface area contributed by atoms with Gasteiger partial charge in [0.1, 0.15) is 5.82 Å². The van der Waals surface area contributed by atoms with Crippen molar-refractivity contribution in [1.82, 2.24) is 10.2 Å². The van der Waals surface area contributed by atoms with Gasteiger partial charge in [-0.3, -0.25) is 0 Å². The second-order valence-electron chi connectivity index (χ2n) is 5.34. The molecule has 0 aliphatic carbocycles. The molecule has 4 heteroatoms. The summed E-state index contributed by atoms with van der Waals surface area (Å²) in [6, 6.07) is 5.50. The van der Waals surface area contributed by atoms with E-state index < -0.39 is 0 Å². The molecular weight excluding hydrogens is 319 g/mol. The van der Waals surface area contributed by atoms with Crippen molar-refractivity contribution < 1.29 is 4.39 Å². The molecule has 0 fully saturated rings. The summed E-state index contributed by atoms with van der Waals surface area (Å²) in [5, 5.41) is 3.49. The van der Waals surface area contributed by atoms with Gasteiger partial charge in [0.2, 0.25) is 0 Å². The Balaban J connectivity index is 3.38. The molecule has 0 saturated heterocycles. The van der Waals surface area contributed by atoms with Gasteiger partial charge in [0.15, 0.2) is 0 Å². The average Bonchev–Trinajstić information content (AvgIpc) is 2.42. The third-order valence-electron chi connectivity index (χ3n) is 4.35. The maximum atomic E-state index is 14.5. The van der Waals surface area contributed by atoms with Crippen molar-refractivity contribution in [2.75, 3.05) is 20.6 Å². The van der Waals surface area contributed by atoms with Gasteiger partial charge in [0.05, 0.1) is 10.5 Å². The zero-order valence-electron chi connectivity index (χ0n) is 13.1. The van der Waals surface area contributed by atoms with Crippen LogP contribution in [0, 0.1) is 5.82 Å². The smallest absolute Gasteiger partial charge is 0.142 e. The molecule has 0 spiro atoms. The van der Waals surface area contributed by atoms with Gasteiger partial charge < -0.3 is 10.2 Å². The van der Waals surface area contributed by atoms with Gasteiger partial charge in [0.25, 0.3) is 0 Å². The highest BCUT2D eigenvalue weighted by Gasteiger charge is 2.39. The summed E-state index contributed by atoms with van der Waals surface area (Å²) < 4.78 is 15.1. The SMILES string of the molecule is CCNC(c1cccc(Br)c1F)C(CC)(CC)N(C)C. The zero-order chi connectivity index (χ0) is 15.3. The van der Waals surface area contributed by atoms with Gasteiger partial charge in [-0.2, -0.15) is 0 Å². The summed E-state index contributed by atoms with van der Waals surface area (Å²) in [6.45, 7) is 7.22. The van der Waals surface area contributed by atoms with E-state index >= 15 is 0 Å². The lowest BCUT2D eigenvalue weighted by molar-refractivity contribution is 0.0872. The molecule has 0 aliphatic rings. The van der Waals surface area contributed by atoms with Crippen molar-refractivity contribution in [2.45, 2.75) is 45.2 Å². The van der Waals surface area contributed by atoms with E-state index in [0.717, 1.165) is 24.9 Å². The lowest BCUT2D eigenvalue weighted by Gasteiger charge is -2.46. The monoisotopic (exact) mass is 344 g/mol. The summed E-state index contributed by atoms with van der Waals surface area (Å²) in [7, 11) is 4.15. The summed E-state index contributed by atoms with van der Waals surface area (Å²) >= 11 is 3.30. The van der Waals surface area contributed by atoms with Crippen molar-refractivity contribution in [1.29, 1.82) is 0 Å². The van der Waals surface area contributed by atoms with Gasteiger partial charge in [-0.15, -0.1) is 0 Å². The van der Waals surface area contributed by atoms with Gasteiger partial charge in [-0.25, -0.2) is 4.39 Å². The molecule has 20 heavy (non-hydrogen) atoms.